The molecule has 82 valence electrons. The number of hydrogen-bond donors (Lipinski definition) is 2. The van der Waals surface area contributed by atoms with Crippen LogP contribution >= 0.6 is 11.8 Å². The van der Waals surface area contributed by atoms with Gasteiger partial charge in [-0.3, -0.25) is 4.79 Å². The van der Waals surface area contributed by atoms with Crippen LogP contribution in [-0.4, -0.2) is 29.5 Å². The number of primary amides is 1. The van der Waals surface area contributed by atoms with E-state index in [2.05, 4.69) is 5.32 Å². The van der Waals surface area contributed by atoms with Crippen molar-refractivity contribution in [2.24, 2.45) is 5.73 Å². The topological polar surface area (TPSA) is 55.1 Å². The fraction of sp³-hybridized carbons (Fsp3) is 0.900. The largest absolute Gasteiger partial charge is 0.368 e. The molecule has 1 fully saturated rings. The molecule has 1 saturated carbocycles. The van der Waals surface area contributed by atoms with Crippen molar-refractivity contribution in [1.82, 2.24) is 5.32 Å². The van der Waals surface area contributed by atoms with Crippen molar-refractivity contribution < 1.29 is 4.79 Å². The Balaban J connectivity index is 2.21. The highest BCUT2D eigenvalue weighted by Gasteiger charge is 2.19. The normalized spacial score (nSPS) is 19.8. The standard InChI is InChI=1S/C10H20N2OS/c1-2-12-9(10(11)13)7-14-8-5-3-4-6-8/h8-9,12H,2-7H2,1H3,(H2,11,13). The molecule has 3 N–H and O–H groups in total. The number of amides is 1. The van der Waals surface area contributed by atoms with Crippen LogP contribution in [0.5, 0.6) is 0 Å². The van der Waals surface area contributed by atoms with E-state index in [-0.39, 0.29) is 11.9 Å². The third-order valence-corrected chi connectivity index (χ3v) is 4.06. The molecule has 0 saturated heterocycles. The summed E-state index contributed by atoms with van der Waals surface area (Å²) in [6.45, 7) is 2.80. The Kier molecular flexibility index (Phi) is 5.33. The number of carbonyl (C=O) groups excluding carboxylic acids is 1. The van der Waals surface area contributed by atoms with Gasteiger partial charge in [-0.1, -0.05) is 19.8 Å². The van der Waals surface area contributed by atoms with Gasteiger partial charge in [0.1, 0.15) is 0 Å². The van der Waals surface area contributed by atoms with Crippen LogP contribution in [0.15, 0.2) is 0 Å². The van der Waals surface area contributed by atoms with Crippen LogP contribution in [0.1, 0.15) is 32.6 Å². The van der Waals surface area contributed by atoms with E-state index < -0.39 is 0 Å². The zero-order chi connectivity index (χ0) is 10.4. The number of nitrogens with two attached hydrogens (primary N) is 1. The van der Waals surface area contributed by atoms with Crippen molar-refractivity contribution in [3.05, 3.63) is 0 Å². The molecule has 0 spiro atoms. The predicted octanol–water partition coefficient (Wildman–Crippen LogP) is 1.13. The fourth-order valence-corrected chi connectivity index (χ4v) is 3.19. The highest BCUT2D eigenvalue weighted by molar-refractivity contribution is 8.00. The van der Waals surface area contributed by atoms with Crippen molar-refractivity contribution >= 4 is 17.7 Å². The maximum Gasteiger partial charge on any atom is 0.235 e. The molecule has 0 aromatic rings. The van der Waals surface area contributed by atoms with Crippen molar-refractivity contribution in [2.75, 3.05) is 12.3 Å². The van der Waals surface area contributed by atoms with Gasteiger partial charge < -0.3 is 11.1 Å². The summed E-state index contributed by atoms with van der Waals surface area (Å²) in [6.07, 6.45) is 5.31. The van der Waals surface area contributed by atoms with Crippen molar-refractivity contribution in [2.45, 2.75) is 43.9 Å². The number of thioether (sulfide) groups is 1. The van der Waals surface area contributed by atoms with Crippen molar-refractivity contribution in [3.8, 4) is 0 Å². The van der Waals surface area contributed by atoms with Gasteiger partial charge in [-0.2, -0.15) is 11.8 Å². The van der Waals surface area contributed by atoms with E-state index in [0.717, 1.165) is 17.5 Å². The van der Waals surface area contributed by atoms with Crippen LogP contribution in [0.4, 0.5) is 0 Å². The SMILES string of the molecule is CCNC(CSC1CCCC1)C(N)=O. The average molecular weight is 216 g/mol. The van der Waals surface area contributed by atoms with E-state index in [1.165, 1.54) is 25.7 Å². The molecule has 0 heterocycles. The number of carbonyl (C=O) groups is 1. The van der Waals surface area contributed by atoms with Gasteiger partial charge in [0.05, 0.1) is 6.04 Å². The molecule has 4 heteroatoms. The van der Waals surface area contributed by atoms with E-state index >= 15 is 0 Å². The van der Waals surface area contributed by atoms with E-state index in [0.29, 0.717) is 0 Å². The van der Waals surface area contributed by atoms with Crippen molar-refractivity contribution in [3.63, 3.8) is 0 Å². The quantitative estimate of drug-likeness (QED) is 0.699. The van der Waals surface area contributed by atoms with Gasteiger partial charge in [0.2, 0.25) is 5.91 Å². The highest BCUT2D eigenvalue weighted by Crippen LogP contribution is 2.29. The Labute approximate surface area is 90.2 Å². The first-order valence-corrected chi connectivity index (χ1v) is 6.43. The van der Waals surface area contributed by atoms with Gasteiger partial charge in [0.25, 0.3) is 0 Å². The minimum Gasteiger partial charge on any atom is -0.368 e. The van der Waals surface area contributed by atoms with E-state index in [4.69, 9.17) is 5.73 Å². The molecule has 0 aromatic heterocycles. The molecular weight excluding hydrogens is 196 g/mol. The molecule has 0 bridgehead atoms. The van der Waals surface area contributed by atoms with Gasteiger partial charge in [-0.15, -0.1) is 0 Å². The lowest BCUT2D eigenvalue weighted by Crippen LogP contribution is -2.43. The van der Waals surface area contributed by atoms with Crippen LogP contribution in [0.3, 0.4) is 0 Å². The summed E-state index contributed by atoms with van der Waals surface area (Å²) < 4.78 is 0. The molecule has 0 aliphatic heterocycles. The monoisotopic (exact) mass is 216 g/mol. The van der Waals surface area contributed by atoms with E-state index in [1.54, 1.807) is 0 Å². The molecule has 1 aliphatic rings. The summed E-state index contributed by atoms with van der Waals surface area (Å²) in [5.41, 5.74) is 5.29. The fourth-order valence-electron chi connectivity index (χ4n) is 1.78. The lowest BCUT2D eigenvalue weighted by Gasteiger charge is -2.16. The molecule has 0 aromatic carbocycles. The third-order valence-electron chi connectivity index (χ3n) is 2.59. The number of likely N-dealkylation sites (N-methyl/N-ethyl adjacent to an activating group) is 1. The zero-order valence-corrected chi connectivity index (χ0v) is 9.61. The first-order chi connectivity index (χ1) is 6.74. The maximum absolute atomic E-state index is 11.0. The minimum absolute atomic E-state index is 0.148. The Morgan fingerprint density at radius 1 is 1.57 bits per heavy atom. The second-order valence-electron chi connectivity index (χ2n) is 3.75. The first kappa shape index (κ1) is 11.9. The predicted molar refractivity (Wildman–Crippen MR) is 61.4 cm³/mol. The molecular formula is C10H20N2OS. The second-order valence-corrected chi connectivity index (χ2v) is 5.09. The maximum atomic E-state index is 11.0. The first-order valence-electron chi connectivity index (χ1n) is 5.38. The lowest BCUT2D eigenvalue weighted by atomic mass is 10.3. The Morgan fingerprint density at radius 2 is 2.21 bits per heavy atom. The molecule has 0 radical (unpaired) electrons. The zero-order valence-electron chi connectivity index (χ0n) is 8.79. The van der Waals surface area contributed by atoms with Crippen LogP contribution in [0.2, 0.25) is 0 Å². The van der Waals surface area contributed by atoms with Crippen LogP contribution in [-0.2, 0) is 4.79 Å². The summed E-state index contributed by atoms with van der Waals surface area (Å²) in [4.78, 5) is 11.0. The summed E-state index contributed by atoms with van der Waals surface area (Å²) >= 11 is 1.90. The van der Waals surface area contributed by atoms with Gasteiger partial charge >= 0.3 is 0 Å². The van der Waals surface area contributed by atoms with Gasteiger partial charge in [0.15, 0.2) is 0 Å². The molecule has 3 nitrogen and oxygen atoms in total. The highest BCUT2D eigenvalue weighted by atomic mass is 32.2. The third kappa shape index (κ3) is 3.88. The second kappa shape index (κ2) is 6.30. The number of hydrogen-bond acceptors (Lipinski definition) is 3. The molecule has 14 heavy (non-hydrogen) atoms. The summed E-state index contributed by atoms with van der Waals surface area (Å²) in [5, 5.41) is 3.87. The molecule has 1 rings (SSSR count). The van der Waals surface area contributed by atoms with Crippen molar-refractivity contribution in [1.29, 1.82) is 0 Å². The average Bonchev–Trinajstić information content (AvgIpc) is 2.64. The molecule has 1 aliphatic carbocycles. The summed E-state index contributed by atoms with van der Waals surface area (Å²) in [7, 11) is 0. The van der Waals surface area contributed by atoms with Gasteiger partial charge in [0, 0.05) is 11.0 Å². The van der Waals surface area contributed by atoms with E-state index in [1.807, 2.05) is 18.7 Å². The minimum atomic E-state index is -0.225. The lowest BCUT2D eigenvalue weighted by molar-refractivity contribution is -0.119. The summed E-state index contributed by atoms with van der Waals surface area (Å²) in [6, 6.07) is -0.148. The summed E-state index contributed by atoms with van der Waals surface area (Å²) in [5.74, 6) is 0.603. The van der Waals surface area contributed by atoms with Crippen LogP contribution in [0, 0.1) is 0 Å². The van der Waals surface area contributed by atoms with E-state index in [9.17, 15) is 4.79 Å². The smallest absolute Gasteiger partial charge is 0.235 e. The van der Waals surface area contributed by atoms with Crippen LogP contribution < -0.4 is 11.1 Å². The van der Waals surface area contributed by atoms with Crippen LogP contribution in [0.25, 0.3) is 0 Å². The van der Waals surface area contributed by atoms with Gasteiger partial charge in [-0.05, 0) is 19.4 Å². The van der Waals surface area contributed by atoms with Gasteiger partial charge in [-0.25, -0.2) is 0 Å². The Morgan fingerprint density at radius 3 is 2.71 bits per heavy atom. The molecule has 1 unspecified atom stereocenters. The number of rotatable bonds is 6. The number of nitrogens with one attached hydrogen (secondary N) is 1. The Bertz CT molecular complexity index is 181. The Hall–Kier alpha value is -0.220. The molecule has 1 atom stereocenters. The molecule has 1 amide bonds.